The standard InChI is InChI=1S/C8H7NO4/c10-9(11)4-6-1-2-7-8(3-6)13-5-12-7/h1-4H,5H2,(H,10,11). The van der Waals surface area contributed by atoms with E-state index in [1.165, 1.54) is 0 Å². The highest BCUT2D eigenvalue weighted by Crippen LogP contribution is 2.31. The average molecular weight is 181 g/mol. The topological polar surface area (TPSA) is 64.8 Å². The van der Waals surface area contributed by atoms with E-state index in [4.69, 9.17) is 14.7 Å². The smallest absolute Gasteiger partial charge is 0.240 e. The van der Waals surface area contributed by atoms with Crippen LogP contribution in [0.1, 0.15) is 5.56 Å². The third-order valence-electron chi connectivity index (χ3n) is 1.66. The fourth-order valence-electron chi connectivity index (χ4n) is 1.12. The molecule has 1 aliphatic heterocycles. The Morgan fingerprint density at radius 2 is 2.15 bits per heavy atom. The SMILES string of the molecule is [O-][N+](O)=Cc1ccc2c(c1)OCO2. The molecular weight excluding hydrogens is 174 g/mol. The molecule has 0 aliphatic carbocycles. The summed E-state index contributed by atoms with van der Waals surface area (Å²) in [5.74, 6) is 1.23. The molecule has 0 spiro atoms. The van der Waals surface area contributed by atoms with Gasteiger partial charge in [0.2, 0.25) is 13.0 Å². The molecule has 13 heavy (non-hydrogen) atoms. The Morgan fingerprint density at radius 1 is 1.38 bits per heavy atom. The summed E-state index contributed by atoms with van der Waals surface area (Å²) in [5, 5.41) is 18.7. The molecule has 0 bridgehead atoms. The number of hydrogen-bond acceptors (Lipinski definition) is 4. The number of fused-ring (bicyclic) bond motifs is 1. The predicted molar refractivity (Wildman–Crippen MR) is 43.1 cm³/mol. The first kappa shape index (κ1) is 7.72. The normalized spacial score (nSPS) is 14.6. The maximum Gasteiger partial charge on any atom is 0.240 e. The molecule has 1 N–H and O–H groups in total. The lowest BCUT2D eigenvalue weighted by Gasteiger charge is -1.95. The van der Waals surface area contributed by atoms with Gasteiger partial charge in [-0.2, -0.15) is 0 Å². The molecule has 0 atom stereocenters. The van der Waals surface area contributed by atoms with Crippen molar-refractivity contribution in [3.8, 4) is 11.5 Å². The molecule has 1 aromatic carbocycles. The van der Waals surface area contributed by atoms with Crippen molar-refractivity contribution >= 4 is 6.21 Å². The van der Waals surface area contributed by atoms with Gasteiger partial charge in [0.1, 0.15) is 0 Å². The average Bonchev–Trinajstić information content (AvgIpc) is 2.49. The van der Waals surface area contributed by atoms with E-state index in [0.29, 0.717) is 17.1 Å². The number of benzene rings is 1. The Bertz CT molecular complexity index is 357. The van der Waals surface area contributed by atoms with Gasteiger partial charge in [0.15, 0.2) is 11.5 Å². The van der Waals surface area contributed by atoms with E-state index in [-0.39, 0.29) is 11.7 Å². The van der Waals surface area contributed by atoms with Crippen molar-refractivity contribution < 1.29 is 19.6 Å². The molecule has 1 aromatic rings. The van der Waals surface area contributed by atoms with E-state index in [1.54, 1.807) is 18.2 Å². The van der Waals surface area contributed by atoms with Gasteiger partial charge in [-0.25, -0.2) is 0 Å². The van der Waals surface area contributed by atoms with Gasteiger partial charge in [0.05, 0.1) is 0 Å². The number of ether oxygens (including phenoxy) is 2. The molecular formula is C8H7NO4. The van der Waals surface area contributed by atoms with Crippen LogP contribution in [0.2, 0.25) is 0 Å². The molecule has 0 saturated heterocycles. The zero-order valence-electron chi connectivity index (χ0n) is 6.64. The molecule has 0 saturated carbocycles. The fraction of sp³-hybridized carbons (Fsp3) is 0.125. The van der Waals surface area contributed by atoms with Crippen molar-refractivity contribution in [1.82, 2.24) is 0 Å². The summed E-state index contributed by atoms with van der Waals surface area (Å²) in [7, 11) is 0. The van der Waals surface area contributed by atoms with Crippen molar-refractivity contribution in [3.63, 3.8) is 0 Å². The van der Waals surface area contributed by atoms with Gasteiger partial charge in [-0.1, -0.05) is 0 Å². The summed E-state index contributed by atoms with van der Waals surface area (Å²) in [4.78, 5) is -0.252. The largest absolute Gasteiger partial charge is 0.454 e. The van der Waals surface area contributed by atoms with Crippen LogP contribution in [0, 0.1) is 5.21 Å². The lowest BCUT2D eigenvalue weighted by molar-refractivity contribution is -0.722. The van der Waals surface area contributed by atoms with E-state index in [2.05, 4.69) is 0 Å². The van der Waals surface area contributed by atoms with Gasteiger partial charge < -0.3 is 14.7 Å². The molecule has 68 valence electrons. The summed E-state index contributed by atoms with van der Waals surface area (Å²) in [5.41, 5.74) is 0.557. The third kappa shape index (κ3) is 1.48. The van der Waals surface area contributed by atoms with Crippen LogP contribution < -0.4 is 9.47 Å². The van der Waals surface area contributed by atoms with E-state index in [1.807, 2.05) is 0 Å². The highest BCUT2D eigenvalue weighted by Gasteiger charge is 2.13. The van der Waals surface area contributed by atoms with Gasteiger partial charge in [-0.05, 0) is 18.2 Å². The van der Waals surface area contributed by atoms with E-state index in [0.717, 1.165) is 6.21 Å². The van der Waals surface area contributed by atoms with Gasteiger partial charge in [-0.3, -0.25) is 5.21 Å². The molecule has 0 radical (unpaired) electrons. The summed E-state index contributed by atoms with van der Waals surface area (Å²) >= 11 is 0. The summed E-state index contributed by atoms with van der Waals surface area (Å²) < 4.78 is 10.1. The van der Waals surface area contributed by atoms with Crippen LogP contribution >= 0.6 is 0 Å². The van der Waals surface area contributed by atoms with Crippen molar-refractivity contribution in [3.05, 3.63) is 29.0 Å². The molecule has 0 amide bonds. The molecule has 0 unspecified atom stereocenters. The number of rotatable bonds is 1. The molecule has 5 heteroatoms. The Hall–Kier alpha value is -1.91. The maximum atomic E-state index is 10.3. The van der Waals surface area contributed by atoms with Crippen molar-refractivity contribution in [2.75, 3.05) is 6.79 Å². The molecule has 2 rings (SSSR count). The van der Waals surface area contributed by atoms with Gasteiger partial charge in [0.25, 0.3) is 0 Å². The van der Waals surface area contributed by atoms with E-state index in [9.17, 15) is 5.21 Å². The first-order valence-corrected chi connectivity index (χ1v) is 3.65. The summed E-state index contributed by atoms with van der Waals surface area (Å²) in [6.07, 6.45) is 1.03. The third-order valence-corrected chi connectivity index (χ3v) is 1.66. The Balaban J connectivity index is 2.36. The van der Waals surface area contributed by atoms with Crippen molar-refractivity contribution in [2.45, 2.75) is 0 Å². The van der Waals surface area contributed by atoms with Crippen LogP contribution in [0.4, 0.5) is 0 Å². The van der Waals surface area contributed by atoms with Crippen LogP contribution in [0.5, 0.6) is 11.5 Å². The lowest BCUT2D eigenvalue weighted by Crippen LogP contribution is -1.98. The minimum Gasteiger partial charge on any atom is -0.454 e. The Morgan fingerprint density at radius 3 is 2.92 bits per heavy atom. The molecule has 5 nitrogen and oxygen atoms in total. The first-order valence-electron chi connectivity index (χ1n) is 3.65. The Kier molecular flexibility index (Phi) is 1.70. The predicted octanol–water partition coefficient (Wildman–Crippen LogP) is 0.734. The fourth-order valence-corrected chi connectivity index (χ4v) is 1.12. The van der Waals surface area contributed by atoms with Crippen LogP contribution in [-0.4, -0.2) is 23.1 Å². The quantitative estimate of drug-likeness (QED) is 0.300. The highest BCUT2D eigenvalue weighted by atomic mass is 16.8. The zero-order valence-corrected chi connectivity index (χ0v) is 6.64. The minimum absolute atomic E-state index is 0.193. The van der Waals surface area contributed by atoms with Crippen LogP contribution in [0.3, 0.4) is 0 Å². The summed E-state index contributed by atoms with van der Waals surface area (Å²) in [6, 6.07) is 4.94. The van der Waals surface area contributed by atoms with Crippen molar-refractivity contribution in [2.24, 2.45) is 0 Å². The van der Waals surface area contributed by atoms with Crippen molar-refractivity contribution in [1.29, 1.82) is 0 Å². The lowest BCUT2D eigenvalue weighted by atomic mass is 10.2. The molecule has 0 fully saturated rings. The monoisotopic (exact) mass is 181 g/mol. The van der Waals surface area contributed by atoms with Gasteiger partial charge in [-0.15, -0.1) is 0 Å². The van der Waals surface area contributed by atoms with Crippen LogP contribution in [0.15, 0.2) is 18.2 Å². The highest BCUT2D eigenvalue weighted by molar-refractivity contribution is 5.77. The second-order valence-electron chi connectivity index (χ2n) is 2.54. The second-order valence-corrected chi connectivity index (χ2v) is 2.54. The summed E-state index contributed by atoms with van der Waals surface area (Å²) in [6.45, 7) is 0.193. The second kappa shape index (κ2) is 2.85. The minimum atomic E-state index is -0.252. The first-order chi connectivity index (χ1) is 6.25. The zero-order chi connectivity index (χ0) is 9.26. The number of hydrogen-bond donors (Lipinski definition) is 1. The maximum absolute atomic E-state index is 10.3. The molecule has 1 heterocycles. The molecule has 1 aliphatic rings. The number of nitrogens with zero attached hydrogens (tertiary/aromatic N) is 1. The Labute approximate surface area is 74.0 Å². The van der Waals surface area contributed by atoms with Crippen LogP contribution in [0.25, 0.3) is 0 Å². The van der Waals surface area contributed by atoms with Gasteiger partial charge in [0, 0.05) is 10.5 Å². The van der Waals surface area contributed by atoms with Gasteiger partial charge >= 0.3 is 0 Å². The van der Waals surface area contributed by atoms with Crippen LogP contribution in [-0.2, 0) is 0 Å². The van der Waals surface area contributed by atoms with E-state index < -0.39 is 0 Å². The molecule has 0 aromatic heterocycles. The van der Waals surface area contributed by atoms with E-state index >= 15 is 0 Å².